The van der Waals surface area contributed by atoms with E-state index in [-0.39, 0.29) is 6.10 Å². The molecule has 1 aromatic rings. The first-order valence-electron chi connectivity index (χ1n) is 5.33. The second-order valence-corrected chi connectivity index (χ2v) is 3.98. The second-order valence-electron chi connectivity index (χ2n) is 3.98. The molecule has 1 heterocycles. The minimum Gasteiger partial charge on any atom is -0.490 e. The number of hydrogen-bond acceptors (Lipinski definition) is 2. The van der Waals surface area contributed by atoms with Gasteiger partial charge in [-0.25, -0.2) is 0 Å². The molecule has 1 atom stereocenters. The zero-order valence-electron chi connectivity index (χ0n) is 8.94. The summed E-state index contributed by atoms with van der Waals surface area (Å²) in [5.41, 5.74) is 2.32. The highest BCUT2D eigenvalue weighted by molar-refractivity contribution is 5.62. The normalized spacial score (nSPS) is 22.1. The summed E-state index contributed by atoms with van der Waals surface area (Å²) >= 11 is 0. The summed E-state index contributed by atoms with van der Waals surface area (Å²) in [6.07, 6.45) is 1.37. The van der Waals surface area contributed by atoms with E-state index < -0.39 is 0 Å². The summed E-state index contributed by atoms with van der Waals surface area (Å²) in [6, 6.07) is 10.1. The standard InChI is InChI=1S/C13H16O2/c1-10-7-8-12(14)9-15-13(10)11-5-3-2-4-6-11/h2-6,12,14H,7-9H2,1H3. The van der Waals surface area contributed by atoms with Crippen LogP contribution in [-0.4, -0.2) is 17.8 Å². The van der Waals surface area contributed by atoms with Crippen LogP contribution >= 0.6 is 0 Å². The Morgan fingerprint density at radius 2 is 2.00 bits per heavy atom. The number of aliphatic hydroxyl groups is 1. The van der Waals surface area contributed by atoms with Gasteiger partial charge in [0, 0.05) is 5.56 Å². The average Bonchev–Trinajstić information content (AvgIpc) is 2.43. The third-order valence-corrected chi connectivity index (χ3v) is 2.70. The lowest BCUT2D eigenvalue weighted by molar-refractivity contribution is 0.0932. The van der Waals surface area contributed by atoms with Gasteiger partial charge >= 0.3 is 0 Å². The van der Waals surface area contributed by atoms with Crippen LogP contribution in [0.3, 0.4) is 0 Å². The van der Waals surface area contributed by atoms with Crippen LogP contribution in [0.25, 0.3) is 5.76 Å². The van der Waals surface area contributed by atoms with E-state index in [1.165, 1.54) is 5.57 Å². The molecule has 0 saturated carbocycles. The minimum absolute atomic E-state index is 0.332. The summed E-state index contributed by atoms with van der Waals surface area (Å²) in [5.74, 6) is 0.937. The van der Waals surface area contributed by atoms with Crippen LogP contribution in [0.5, 0.6) is 0 Å². The summed E-state index contributed by atoms with van der Waals surface area (Å²) < 4.78 is 5.64. The highest BCUT2D eigenvalue weighted by Gasteiger charge is 2.15. The molecule has 2 nitrogen and oxygen atoms in total. The van der Waals surface area contributed by atoms with E-state index in [4.69, 9.17) is 4.74 Å². The van der Waals surface area contributed by atoms with Gasteiger partial charge in [0.05, 0.1) is 6.10 Å². The van der Waals surface area contributed by atoms with E-state index in [2.05, 4.69) is 6.92 Å². The lowest BCUT2D eigenvalue weighted by Crippen LogP contribution is -2.11. The predicted octanol–water partition coefficient (Wildman–Crippen LogP) is 2.59. The van der Waals surface area contributed by atoms with E-state index in [0.29, 0.717) is 6.61 Å². The van der Waals surface area contributed by atoms with Crippen molar-refractivity contribution in [2.24, 2.45) is 0 Å². The monoisotopic (exact) mass is 204 g/mol. The molecule has 2 heteroatoms. The van der Waals surface area contributed by atoms with Crippen molar-refractivity contribution in [1.29, 1.82) is 0 Å². The first kappa shape index (κ1) is 10.2. The van der Waals surface area contributed by atoms with Crippen molar-refractivity contribution in [2.45, 2.75) is 25.9 Å². The van der Waals surface area contributed by atoms with Crippen molar-refractivity contribution in [2.75, 3.05) is 6.61 Å². The van der Waals surface area contributed by atoms with Gasteiger partial charge in [0.1, 0.15) is 12.4 Å². The van der Waals surface area contributed by atoms with Crippen LogP contribution < -0.4 is 0 Å². The number of benzene rings is 1. The molecule has 1 aliphatic rings. The van der Waals surface area contributed by atoms with Crippen molar-refractivity contribution >= 4 is 5.76 Å². The van der Waals surface area contributed by atoms with E-state index in [1.807, 2.05) is 30.3 Å². The topological polar surface area (TPSA) is 29.5 Å². The van der Waals surface area contributed by atoms with Crippen molar-refractivity contribution in [3.8, 4) is 0 Å². The maximum absolute atomic E-state index is 9.52. The zero-order valence-corrected chi connectivity index (χ0v) is 8.94. The lowest BCUT2D eigenvalue weighted by Gasteiger charge is -2.11. The lowest BCUT2D eigenvalue weighted by atomic mass is 10.1. The number of aliphatic hydroxyl groups excluding tert-OH is 1. The minimum atomic E-state index is -0.332. The largest absolute Gasteiger partial charge is 0.490 e. The van der Waals surface area contributed by atoms with Crippen molar-refractivity contribution in [3.63, 3.8) is 0 Å². The maximum atomic E-state index is 9.52. The van der Waals surface area contributed by atoms with Gasteiger partial charge in [-0.2, -0.15) is 0 Å². The molecule has 0 radical (unpaired) electrons. The Labute approximate surface area is 90.2 Å². The van der Waals surface area contributed by atoms with Gasteiger partial charge in [-0.3, -0.25) is 0 Å². The number of ether oxygens (including phenoxy) is 1. The molecule has 80 valence electrons. The van der Waals surface area contributed by atoms with Crippen molar-refractivity contribution < 1.29 is 9.84 Å². The van der Waals surface area contributed by atoms with Gasteiger partial charge in [-0.1, -0.05) is 30.3 Å². The SMILES string of the molecule is CC1=C(c2ccccc2)OCC(O)CC1. The molecule has 0 saturated heterocycles. The van der Waals surface area contributed by atoms with Crippen molar-refractivity contribution in [3.05, 3.63) is 41.5 Å². The average molecular weight is 204 g/mol. The van der Waals surface area contributed by atoms with Crippen LogP contribution in [0.15, 0.2) is 35.9 Å². The highest BCUT2D eigenvalue weighted by Crippen LogP contribution is 2.26. The molecule has 0 aliphatic carbocycles. The van der Waals surface area contributed by atoms with Gasteiger partial charge in [0.25, 0.3) is 0 Å². The molecule has 0 fully saturated rings. The molecule has 1 aromatic carbocycles. The third kappa shape index (κ3) is 2.39. The smallest absolute Gasteiger partial charge is 0.125 e. The number of allylic oxidation sites excluding steroid dienone is 1. The Morgan fingerprint density at radius 3 is 2.73 bits per heavy atom. The van der Waals surface area contributed by atoms with E-state index >= 15 is 0 Å². The fourth-order valence-electron chi connectivity index (χ4n) is 1.80. The molecule has 0 bridgehead atoms. The number of rotatable bonds is 1. The van der Waals surface area contributed by atoms with Crippen LogP contribution in [0.2, 0.25) is 0 Å². The van der Waals surface area contributed by atoms with Crippen LogP contribution in [0, 0.1) is 0 Å². The Kier molecular flexibility index (Phi) is 3.07. The molecule has 2 rings (SSSR count). The molecule has 1 unspecified atom stereocenters. The Hall–Kier alpha value is -1.28. The summed E-state index contributed by atoms with van der Waals surface area (Å²) in [5, 5.41) is 9.52. The first-order valence-corrected chi connectivity index (χ1v) is 5.33. The quantitative estimate of drug-likeness (QED) is 0.762. The van der Waals surface area contributed by atoms with Crippen LogP contribution in [0.4, 0.5) is 0 Å². The molecule has 0 amide bonds. The van der Waals surface area contributed by atoms with Crippen LogP contribution in [0.1, 0.15) is 25.3 Å². The first-order chi connectivity index (χ1) is 7.27. The fourth-order valence-corrected chi connectivity index (χ4v) is 1.80. The van der Waals surface area contributed by atoms with Crippen molar-refractivity contribution in [1.82, 2.24) is 0 Å². The Balaban J connectivity index is 2.27. The van der Waals surface area contributed by atoms with E-state index in [1.54, 1.807) is 0 Å². The molecule has 0 spiro atoms. The van der Waals surface area contributed by atoms with Gasteiger partial charge in [-0.15, -0.1) is 0 Å². The van der Waals surface area contributed by atoms with Gasteiger partial charge < -0.3 is 9.84 Å². The third-order valence-electron chi connectivity index (χ3n) is 2.70. The second kappa shape index (κ2) is 4.49. The van der Waals surface area contributed by atoms with Gasteiger partial charge in [-0.05, 0) is 25.3 Å². The zero-order chi connectivity index (χ0) is 10.7. The molecule has 15 heavy (non-hydrogen) atoms. The molecule has 1 aliphatic heterocycles. The summed E-state index contributed by atoms with van der Waals surface area (Å²) in [7, 11) is 0. The number of hydrogen-bond donors (Lipinski definition) is 1. The summed E-state index contributed by atoms with van der Waals surface area (Å²) in [4.78, 5) is 0. The molecular weight excluding hydrogens is 188 g/mol. The van der Waals surface area contributed by atoms with Gasteiger partial charge in [0.2, 0.25) is 0 Å². The molecular formula is C13H16O2. The highest BCUT2D eigenvalue weighted by atomic mass is 16.5. The molecule has 0 aromatic heterocycles. The van der Waals surface area contributed by atoms with Crippen LogP contribution in [-0.2, 0) is 4.74 Å². The Bertz CT molecular complexity index is 354. The maximum Gasteiger partial charge on any atom is 0.125 e. The molecule has 1 N–H and O–H groups in total. The fraction of sp³-hybridized carbons (Fsp3) is 0.385. The summed E-state index contributed by atoms with van der Waals surface area (Å²) in [6.45, 7) is 2.47. The van der Waals surface area contributed by atoms with E-state index in [0.717, 1.165) is 24.2 Å². The predicted molar refractivity (Wildman–Crippen MR) is 60.2 cm³/mol. The van der Waals surface area contributed by atoms with E-state index in [9.17, 15) is 5.11 Å². The Morgan fingerprint density at radius 1 is 1.27 bits per heavy atom. The van der Waals surface area contributed by atoms with Gasteiger partial charge in [0.15, 0.2) is 0 Å².